The number of benzene rings is 1. The number of halogens is 1. The lowest BCUT2D eigenvalue weighted by atomic mass is 10.1. The summed E-state index contributed by atoms with van der Waals surface area (Å²) in [6.45, 7) is 16.4. The topological polar surface area (TPSA) is 21.6 Å². The first-order valence-electron chi connectivity index (χ1n) is 9.64. The maximum atomic E-state index is 6.46. The van der Waals surface area contributed by atoms with Crippen LogP contribution in [-0.4, -0.2) is 12.8 Å². The molecule has 28 heavy (non-hydrogen) atoms. The predicted octanol–water partition coefficient (Wildman–Crippen LogP) is 5.84. The van der Waals surface area contributed by atoms with Gasteiger partial charge in [-0.05, 0) is 60.1 Å². The summed E-state index contributed by atoms with van der Waals surface area (Å²) in [5.74, 6) is 3.56. The molecular formula is C25H34ClNO. The van der Waals surface area contributed by atoms with Crippen LogP contribution in [0.1, 0.15) is 54.4 Å². The van der Waals surface area contributed by atoms with Crippen LogP contribution >= 0.6 is 11.6 Å². The highest BCUT2D eigenvalue weighted by Gasteiger charge is 2.04. The van der Waals surface area contributed by atoms with E-state index in [1.807, 2.05) is 38.1 Å². The van der Waals surface area contributed by atoms with Gasteiger partial charge in [0.05, 0.1) is 12.8 Å². The van der Waals surface area contributed by atoms with Crippen LogP contribution in [-0.2, 0) is 0 Å². The van der Waals surface area contributed by atoms with Crippen molar-refractivity contribution >= 4 is 28.9 Å². The van der Waals surface area contributed by atoms with Gasteiger partial charge in [0.15, 0.2) is 0 Å². The molecule has 0 unspecified atom stereocenters. The number of rotatable bonds is 6. The SMILES string of the molecule is C#C\C=C(/N=C(C)/C(C)=C/C(Cl)=c1/ccc(OC)cc1=C)C(C)C.CCCC. The molecule has 2 nitrogen and oxygen atoms in total. The summed E-state index contributed by atoms with van der Waals surface area (Å²) in [6, 6.07) is 5.62. The Kier molecular flexibility index (Phi) is 12.7. The summed E-state index contributed by atoms with van der Waals surface area (Å²) >= 11 is 6.46. The molecule has 1 rings (SSSR count). The van der Waals surface area contributed by atoms with E-state index in [0.29, 0.717) is 5.03 Å². The van der Waals surface area contributed by atoms with Gasteiger partial charge >= 0.3 is 0 Å². The second kappa shape index (κ2) is 13.9. The second-order valence-corrected chi connectivity index (χ2v) is 7.19. The van der Waals surface area contributed by atoms with Crippen molar-refractivity contribution < 1.29 is 4.74 Å². The molecule has 152 valence electrons. The molecule has 0 amide bonds. The first-order valence-corrected chi connectivity index (χ1v) is 10.0. The van der Waals surface area contributed by atoms with Gasteiger partial charge in [-0.2, -0.15) is 0 Å². The molecule has 0 saturated carbocycles. The van der Waals surface area contributed by atoms with E-state index in [1.165, 1.54) is 12.8 Å². The van der Waals surface area contributed by atoms with Gasteiger partial charge in [-0.15, -0.1) is 6.42 Å². The Bertz CT molecular complexity index is 865. The Morgan fingerprint density at radius 2 is 1.89 bits per heavy atom. The zero-order chi connectivity index (χ0) is 21.7. The van der Waals surface area contributed by atoms with Crippen molar-refractivity contribution in [1.29, 1.82) is 0 Å². The molecule has 0 aliphatic heterocycles. The Labute approximate surface area is 176 Å². The van der Waals surface area contributed by atoms with Crippen LogP contribution in [0.2, 0.25) is 0 Å². The summed E-state index contributed by atoms with van der Waals surface area (Å²) in [5.41, 5.74) is 2.72. The van der Waals surface area contributed by atoms with E-state index in [-0.39, 0.29) is 5.92 Å². The monoisotopic (exact) mass is 399 g/mol. The smallest absolute Gasteiger partial charge is 0.119 e. The van der Waals surface area contributed by atoms with E-state index in [2.05, 4.69) is 45.2 Å². The summed E-state index contributed by atoms with van der Waals surface area (Å²) in [5, 5.41) is 2.29. The largest absolute Gasteiger partial charge is 0.497 e. The van der Waals surface area contributed by atoms with Crippen LogP contribution in [0.3, 0.4) is 0 Å². The number of nitrogens with zero attached hydrogens (tertiary/aromatic N) is 1. The molecule has 0 N–H and O–H groups in total. The number of aliphatic imine (C=N–C) groups is 1. The Hall–Kier alpha value is -2.24. The zero-order valence-electron chi connectivity index (χ0n) is 18.4. The van der Waals surface area contributed by atoms with Crippen LogP contribution in [0.15, 0.2) is 46.6 Å². The lowest BCUT2D eigenvalue weighted by molar-refractivity contribution is 0.414. The third-order valence-electron chi connectivity index (χ3n) is 4.10. The number of hydrogen-bond acceptors (Lipinski definition) is 2. The fourth-order valence-electron chi connectivity index (χ4n) is 2.00. The highest BCUT2D eigenvalue weighted by Crippen LogP contribution is 2.15. The molecule has 1 aromatic carbocycles. The van der Waals surface area contributed by atoms with Gasteiger partial charge < -0.3 is 4.74 Å². The molecule has 0 aromatic heterocycles. The van der Waals surface area contributed by atoms with Crippen molar-refractivity contribution in [3.63, 3.8) is 0 Å². The maximum absolute atomic E-state index is 6.46. The lowest BCUT2D eigenvalue weighted by Crippen LogP contribution is -2.24. The van der Waals surface area contributed by atoms with Crippen molar-refractivity contribution in [2.45, 2.75) is 54.4 Å². The van der Waals surface area contributed by atoms with E-state index in [4.69, 9.17) is 22.8 Å². The molecule has 0 heterocycles. The second-order valence-electron chi connectivity index (χ2n) is 6.79. The van der Waals surface area contributed by atoms with Gasteiger partial charge in [-0.25, -0.2) is 0 Å². The summed E-state index contributed by atoms with van der Waals surface area (Å²) in [7, 11) is 1.62. The predicted molar refractivity (Wildman–Crippen MR) is 126 cm³/mol. The van der Waals surface area contributed by atoms with Crippen molar-refractivity contribution in [2.24, 2.45) is 10.9 Å². The van der Waals surface area contributed by atoms with Crippen molar-refractivity contribution in [2.75, 3.05) is 7.11 Å². The Morgan fingerprint density at radius 1 is 1.29 bits per heavy atom. The summed E-state index contributed by atoms with van der Waals surface area (Å²) in [4.78, 5) is 4.62. The molecule has 0 bridgehead atoms. The first kappa shape index (κ1) is 25.8. The molecule has 3 heteroatoms. The van der Waals surface area contributed by atoms with E-state index >= 15 is 0 Å². The number of unbranched alkanes of at least 4 members (excludes halogenated alkanes) is 1. The van der Waals surface area contributed by atoms with Crippen LogP contribution in [0.5, 0.6) is 5.75 Å². The van der Waals surface area contributed by atoms with Crippen LogP contribution in [0.4, 0.5) is 0 Å². The number of ether oxygens (including phenoxy) is 1. The number of methoxy groups -OCH3 is 1. The molecule has 0 radical (unpaired) electrons. The molecular weight excluding hydrogens is 366 g/mol. The van der Waals surface area contributed by atoms with Crippen molar-refractivity contribution in [3.8, 4) is 18.1 Å². The highest BCUT2D eigenvalue weighted by atomic mass is 35.5. The molecule has 1 aromatic rings. The van der Waals surface area contributed by atoms with Gasteiger partial charge in [0, 0.05) is 16.8 Å². The van der Waals surface area contributed by atoms with E-state index in [9.17, 15) is 0 Å². The first-order chi connectivity index (χ1) is 13.2. The van der Waals surface area contributed by atoms with Gasteiger partial charge in [0.2, 0.25) is 0 Å². The van der Waals surface area contributed by atoms with Crippen LogP contribution in [0.25, 0.3) is 11.6 Å². The standard InChI is InChI=1S/C21H24ClNO.C4H10/c1-8-9-21(14(2)3)23-17(6)15(4)13-20(22)19-11-10-18(24-7)12-16(19)5;1-3-4-2/h1,9-14H,5H2,2-4,6-7H3;3-4H2,1-2H3/b15-13+,20-19+,21-9-,23-17+;. The number of terminal acetylenes is 1. The lowest BCUT2D eigenvalue weighted by Gasteiger charge is -2.07. The normalized spacial score (nSPS) is 13.5. The van der Waals surface area contributed by atoms with Crippen molar-refractivity contribution in [1.82, 2.24) is 0 Å². The number of hydrogen-bond donors (Lipinski definition) is 0. The highest BCUT2D eigenvalue weighted by molar-refractivity contribution is 6.47. The van der Waals surface area contributed by atoms with E-state index < -0.39 is 0 Å². The van der Waals surface area contributed by atoms with Crippen LogP contribution < -0.4 is 15.2 Å². The zero-order valence-corrected chi connectivity index (χ0v) is 19.2. The minimum absolute atomic E-state index is 0.260. The van der Waals surface area contributed by atoms with Gasteiger partial charge in [-0.3, -0.25) is 4.99 Å². The third-order valence-corrected chi connectivity index (χ3v) is 4.42. The number of allylic oxidation sites excluding steroid dienone is 4. The van der Waals surface area contributed by atoms with Gasteiger partial charge in [0.1, 0.15) is 5.75 Å². The molecule has 0 aliphatic rings. The van der Waals surface area contributed by atoms with Crippen LogP contribution in [0, 0.1) is 18.3 Å². The molecule has 0 fully saturated rings. The minimum atomic E-state index is 0.260. The Balaban J connectivity index is 0.00000165. The fourth-order valence-corrected chi connectivity index (χ4v) is 2.35. The van der Waals surface area contributed by atoms with Crippen molar-refractivity contribution in [3.05, 3.63) is 52.1 Å². The average Bonchev–Trinajstić information content (AvgIpc) is 2.67. The maximum Gasteiger partial charge on any atom is 0.119 e. The minimum Gasteiger partial charge on any atom is -0.497 e. The molecule has 0 aliphatic carbocycles. The summed E-state index contributed by atoms with van der Waals surface area (Å²) < 4.78 is 5.19. The fraction of sp³-hybridized carbons (Fsp3) is 0.400. The van der Waals surface area contributed by atoms with E-state index in [0.717, 1.165) is 33.2 Å². The molecule has 0 atom stereocenters. The average molecular weight is 400 g/mol. The Morgan fingerprint density at radius 3 is 2.32 bits per heavy atom. The molecule has 0 saturated heterocycles. The quantitative estimate of drug-likeness (QED) is 0.435. The van der Waals surface area contributed by atoms with E-state index in [1.54, 1.807) is 13.2 Å². The summed E-state index contributed by atoms with van der Waals surface area (Å²) in [6.07, 6.45) is 11.6. The van der Waals surface area contributed by atoms with Gasteiger partial charge in [-0.1, -0.05) is 64.6 Å². The molecule has 0 spiro atoms. The third kappa shape index (κ3) is 9.11. The van der Waals surface area contributed by atoms with Gasteiger partial charge in [0.25, 0.3) is 0 Å².